The smallest absolute Gasteiger partial charge is 0.252 e. The van der Waals surface area contributed by atoms with E-state index in [1.807, 2.05) is 11.9 Å². The molecule has 1 aromatic rings. The maximum Gasteiger partial charge on any atom is 0.252 e. The average molecular weight is 218 g/mol. The van der Waals surface area contributed by atoms with E-state index in [1.165, 1.54) is 6.07 Å². The normalized spacial score (nSPS) is 14.5. The van der Waals surface area contributed by atoms with Gasteiger partial charge in [-0.15, -0.1) is 0 Å². The molecular formula is C11H14N4O. The molecule has 1 fully saturated rings. The Morgan fingerprint density at radius 1 is 1.69 bits per heavy atom. The summed E-state index contributed by atoms with van der Waals surface area (Å²) in [5.74, 6) is 1.87. The number of H-pyrrole nitrogens is 1. The summed E-state index contributed by atoms with van der Waals surface area (Å²) in [4.78, 5) is 20.4. The summed E-state index contributed by atoms with van der Waals surface area (Å²) in [5, 5.41) is 8.50. The quantitative estimate of drug-likeness (QED) is 0.818. The van der Waals surface area contributed by atoms with Crippen LogP contribution in [-0.2, 0) is 0 Å². The van der Waals surface area contributed by atoms with Crippen LogP contribution >= 0.6 is 0 Å². The second kappa shape index (κ2) is 4.35. The van der Waals surface area contributed by atoms with Crippen LogP contribution in [0.3, 0.4) is 0 Å². The first kappa shape index (κ1) is 10.7. The maximum absolute atomic E-state index is 11.4. The van der Waals surface area contributed by atoms with Crippen LogP contribution in [0, 0.1) is 11.3 Å². The van der Waals surface area contributed by atoms with E-state index in [0.29, 0.717) is 24.7 Å². The van der Waals surface area contributed by atoms with Gasteiger partial charge in [0.25, 0.3) is 5.56 Å². The number of nitriles is 1. The summed E-state index contributed by atoms with van der Waals surface area (Å²) < 4.78 is 0. The maximum atomic E-state index is 11.4. The zero-order valence-corrected chi connectivity index (χ0v) is 9.23. The largest absolute Gasteiger partial charge is 0.358 e. The van der Waals surface area contributed by atoms with E-state index in [-0.39, 0.29) is 5.56 Å². The molecule has 0 saturated heterocycles. The van der Waals surface area contributed by atoms with Crippen molar-refractivity contribution in [3.05, 3.63) is 22.2 Å². The first-order valence-electron chi connectivity index (χ1n) is 5.40. The molecule has 1 N–H and O–H groups in total. The second-order valence-corrected chi connectivity index (χ2v) is 4.09. The van der Waals surface area contributed by atoms with Crippen LogP contribution < -0.4 is 10.5 Å². The molecule has 1 aliphatic carbocycles. The third kappa shape index (κ3) is 2.40. The summed E-state index contributed by atoms with van der Waals surface area (Å²) in [5.41, 5.74) is -0.115. The molecule has 84 valence electrons. The number of aromatic nitrogens is 2. The molecule has 0 aromatic carbocycles. The zero-order chi connectivity index (χ0) is 11.5. The van der Waals surface area contributed by atoms with Crippen LogP contribution in [-0.4, -0.2) is 23.6 Å². The van der Waals surface area contributed by atoms with E-state index >= 15 is 0 Å². The van der Waals surface area contributed by atoms with Crippen LogP contribution in [0.4, 0.5) is 5.82 Å². The summed E-state index contributed by atoms with van der Waals surface area (Å²) in [7, 11) is 1.84. The third-order valence-electron chi connectivity index (χ3n) is 2.66. The molecule has 16 heavy (non-hydrogen) atoms. The number of hydrogen-bond donors (Lipinski definition) is 1. The number of anilines is 1. The van der Waals surface area contributed by atoms with Gasteiger partial charge in [0.1, 0.15) is 11.6 Å². The van der Waals surface area contributed by atoms with Crippen molar-refractivity contribution in [2.75, 3.05) is 18.5 Å². The molecular weight excluding hydrogens is 204 g/mol. The lowest BCUT2D eigenvalue weighted by atomic mass is 10.3. The van der Waals surface area contributed by atoms with Gasteiger partial charge in [-0.1, -0.05) is 0 Å². The molecule has 0 spiro atoms. The van der Waals surface area contributed by atoms with Crippen LogP contribution in [0.15, 0.2) is 10.9 Å². The molecule has 0 aliphatic heterocycles. The molecule has 0 amide bonds. The van der Waals surface area contributed by atoms with Gasteiger partial charge in [0.05, 0.1) is 12.5 Å². The highest BCUT2D eigenvalue weighted by Crippen LogP contribution is 2.37. The Labute approximate surface area is 93.7 Å². The zero-order valence-electron chi connectivity index (χ0n) is 9.23. The molecule has 1 saturated carbocycles. The van der Waals surface area contributed by atoms with E-state index in [2.05, 4.69) is 16.0 Å². The Balaban J connectivity index is 2.19. The summed E-state index contributed by atoms with van der Waals surface area (Å²) in [6, 6.07) is 3.55. The number of aromatic amines is 1. The molecule has 2 rings (SSSR count). The third-order valence-corrected chi connectivity index (χ3v) is 2.66. The number of nitrogens with one attached hydrogen (secondary N) is 1. The SMILES string of the molecule is CN(CCC#N)c1cc(=O)[nH]c(C2CC2)n1. The van der Waals surface area contributed by atoms with Crippen molar-refractivity contribution in [1.29, 1.82) is 5.26 Å². The number of nitrogens with zero attached hydrogens (tertiary/aromatic N) is 3. The predicted molar refractivity (Wildman–Crippen MR) is 60.3 cm³/mol. The van der Waals surface area contributed by atoms with Gasteiger partial charge in [0, 0.05) is 25.6 Å². The van der Waals surface area contributed by atoms with E-state index in [1.54, 1.807) is 0 Å². The van der Waals surface area contributed by atoms with Crippen molar-refractivity contribution < 1.29 is 0 Å². The van der Waals surface area contributed by atoms with E-state index in [9.17, 15) is 4.79 Å². The standard InChI is InChI=1S/C11H14N4O/c1-15(6-2-5-12)9-7-10(16)14-11(13-9)8-3-4-8/h7-8H,2-4,6H2,1H3,(H,13,14,16). The molecule has 5 nitrogen and oxygen atoms in total. The minimum Gasteiger partial charge on any atom is -0.358 e. The van der Waals surface area contributed by atoms with E-state index in [4.69, 9.17) is 5.26 Å². The molecule has 1 heterocycles. The summed E-state index contributed by atoms with van der Waals surface area (Å²) >= 11 is 0. The van der Waals surface area contributed by atoms with Crippen molar-refractivity contribution in [3.63, 3.8) is 0 Å². The molecule has 0 unspecified atom stereocenters. The lowest BCUT2D eigenvalue weighted by Gasteiger charge is -2.16. The Hall–Kier alpha value is -1.83. The Bertz CT molecular complexity index is 470. The molecule has 1 aliphatic rings. The van der Waals surface area contributed by atoms with Gasteiger partial charge in [0.15, 0.2) is 0 Å². The van der Waals surface area contributed by atoms with Gasteiger partial charge >= 0.3 is 0 Å². The fourth-order valence-corrected chi connectivity index (χ4v) is 1.54. The molecule has 1 aromatic heterocycles. The minimum atomic E-state index is -0.115. The van der Waals surface area contributed by atoms with Crippen molar-refractivity contribution in [1.82, 2.24) is 9.97 Å². The Morgan fingerprint density at radius 3 is 3.06 bits per heavy atom. The molecule has 0 radical (unpaired) electrons. The average Bonchev–Trinajstić information content (AvgIpc) is 3.08. The highest BCUT2D eigenvalue weighted by Gasteiger charge is 2.26. The highest BCUT2D eigenvalue weighted by molar-refractivity contribution is 5.37. The lowest BCUT2D eigenvalue weighted by Crippen LogP contribution is -2.23. The highest BCUT2D eigenvalue weighted by atomic mass is 16.1. The van der Waals surface area contributed by atoms with Gasteiger partial charge in [-0.3, -0.25) is 4.79 Å². The molecule has 0 bridgehead atoms. The van der Waals surface area contributed by atoms with E-state index < -0.39 is 0 Å². The first-order valence-corrected chi connectivity index (χ1v) is 5.40. The Morgan fingerprint density at radius 2 is 2.44 bits per heavy atom. The van der Waals surface area contributed by atoms with Gasteiger partial charge in [-0.05, 0) is 12.8 Å². The topological polar surface area (TPSA) is 72.8 Å². The van der Waals surface area contributed by atoms with Crippen molar-refractivity contribution in [3.8, 4) is 6.07 Å². The van der Waals surface area contributed by atoms with Gasteiger partial charge in [-0.2, -0.15) is 5.26 Å². The second-order valence-electron chi connectivity index (χ2n) is 4.09. The fourth-order valence-electron chi connectivity index (χ4n) is 1.54. The minimum absolute atomic E-state index is 0.115. The predicted octanol–water partition coefficient (Wildman–Crippen LogP) is 0.997. The molecule has 5 heteroatoms. The lowest BCUT2D eigenvalue weighted by molar-refractivity contribution is 0.841. The van der Waals surface area contributed by atoms with Crippen molar-refractivity contribution in [2.24, 2.45) is 0 Å². The van der Waals surface area contributed by atoms with Gasteiger partial charge in [0.2, 0.25) is 0 Å². The van der Waals surface area contributed by atoms with Crippen LogP contribution in [0.5, 0.6) is 0 Å². The number of rotatable bonds is 4. The van der Waals surface area contributed by atoms with E-state index in [0.717, 1.165) is 18.7 Å². The summed E-state index contributed by atoms with van der Waals surface area (Å²) in [6.45, 7) is 0.594. The Kier molecular flexibility index (Phi) is 2.91. The van der Waals surface area contributed by atoms with Crippen molar-refractivity contribution >= 4 is 5.82 Å². The number of hydrogen-bond acceptors (Lipinski definition) is 4. The van der Waals surface area contributed by atoms with Crippen LogP contribution in [0.25, 0.3) is 0 Å². The van der Waals surface area contributed by atoms with Crippen molar-refractivity contribution in [2.45, 2.75) is 25.2 Å². The monoisotopic (exact) mass is 218 g/mol. The van der Waals surface area contributed by atoms with Crippen LogP contribution in [0.1, 0.15) is 31.0 Å². The fraction of sp³-hybridized carbons (Fsp3) is 0.545. The van der Waals surface area contributed by atoms with Gasteiger partial charge < -0.3 is 9.88 Å². The molecule has 0 atom stereocenters. The summed E-state index contributed by atoms with van der Waals surface area (Å²) in [6.07, 6.45) is 2.65. The van der Waals surface area contributed by atoms with Gasteiger partial charge in [-0.25, -0.2) is 4.98 Å². The first-order chi connectivity index (χ1) is 7.70. The van der Waals surface area contributed by atoms with Crippen LogP contribution in [0.2, 0.25) is 0 Å².